The first-order valence-electron chi connectivity index (χ1n) is 15.5. The molecule has 0 radical (unpaired) electrons. The SMILES string of the molecule is CCNC(=O)Nc1cccc([C@@H]2O[C@H](CN3CCC(n4c(=O)[nH]c5ccccc54)CC3)[C@H](C)[C@H](c3ccc(CO)cc3)O2)c1. The first kappa shape index (κ1) is 30.1. The zero-order valence-electron chi connectivity index (χ0n) is 25.2. The maximum absolute atomic E-state index is 12.8. The predicted molar refractivity (Wildman–Crippen MR) is 169 cm³/mol. The van der Waals surface area contributed by atoms with Crippen LogP contribution in [0, 0.1) is 5.92 Å². The summed E-state index contributed by atoms with van der Waals surface area (Å²) in [5.41, 5.74) is 5.15. The van der Waals surface area contributed by atoms with Crippen LogP contribution in [0.4, 0.5) is 10.5 Å². The second-order valence-corrected chi connectivity index (χ2v) is 11.8. The molecule has 4 N–H and O–H groups in total. The smallest absolute Gasteiger partial charge is 0.326 e. The molecule has 2 fully saturated rings. The number of aromatic amines is 1. The van der Waals surface area contributed by atoms with Crippen molar-refractivity contribution in [3.8, 4) is 0 Å². The monoisotopic (exact) mass is 599 g/mol. The van der Waals surface area contributed by atoms with Crippen molar-refractivity contribution in [2.75, 3.05) is 31.5 Å². The Morgan fingerprint density at radius 1 is 1.00 bits per heavy atom. The van der Waals surface area contributed by atoms with E-state index in [4.69, 9.17) is 9.47 Å². The molecule has 4 atom stereocenters. The van der Waals surface area contributed by atoms with Crippen LogP contribution in [0.2, 0.25) is 0 Å². The molecule has 2 saturated heterocycles. The molecule has 0 unspecified atom stereocenters. The van der Waals surface area contributed by atoms with Gasteiger partial charge in [-0.3, -0.25) is 4.57 Å². The highest BCUT2D eigenvalue weighted by atomic mass is 16.7. The Balaban J connectivity index is 1.20. The molecule has 10 nitrogen and oxygen atoms in total. The maximum Gasteiger partial charge on any atom is 0.326 e. The highest BCUT2D eigenvalue weighted by molar-refractivity contribution is 5.89. The molecule has 44 heavy (non-hydrogen) atoms. The Kier molecular flexibility index (Phi) is 9.13. The predicted octanol–water partition coefficient (Wildman–Crippen LogP) is 5.09. The van der Waals surface area contributed by atoms with Gasteiger partial charge in [0.2, 0.25) is 0 Å². The summed E-state index contributed by atoms with van der Waals surface area (Å²) in [6.45, 7) is 7.01. The number of H-pyrrole nitrogens is 1. The molecule has 0 aliphatic carbocycles. The van der Waals surface area contributed by atoms with E-state index in [2.05, 4.69) is 27.4 Å². The van der Waals surface area contributed by atoms with Crippen LogP contribution in [-0.4, -0.2) is 57.9 Å². The van der Waals surface area contributed by atoms with Gasteiger partial charge in [-0.25, -0.2) is 9.59 Å². The number of carbonyl (C=O) groups excluding carboxylic acids is 1. The number of para-hydroxylation sites is 2. The Labute approximate surface area is 257 Å². The van der Waals surface area contributed by atoms with E-state index >= 15 is 0 Å². The number of aliphatic hydroxyl groups excluding tert-OH is 1. The Hall–Kier alpha value is -3.96. The average Bonchev–Trinajstić information content (AvgIpc) is 3.38. The molecule has 0 bridgehead atoms. The van der Waals surface area contributed by atoms with Gasteiger partial charge in [-0.1, -0.05) is 55.5 Å². The van der Waals surface area contributed by atoms with Crippen molar-refractivity contribution < 1.29 is 19.4 Å². The van der Waals surface area contributed by atoms with Crippen LogP contribution in [-0.2, 0) is 16.1 Å². The third-order valence-electron chi connectivity index (χ3n) is 8.86. The van der Waals surface area contributed by atoms with Crippen LogP contribution >= 0.6 is 0 Å². The largest absolute Gasteiger partial charge is 0.392 e. The standard InChI is InChI=1S/C34H41N5O5/c1-3-35-33(41)36-26-8-6-7-25(19-26)32-43-30(22(2)31(44-32)24-13-11-23(21-40)12-14-24)20-38-17-15-27(16-18-38)39-29-10-5-4-9-28(29)37-34(39)42/h4-14,19,22,27,30-32,40H,3,15-18,20-21H2,1-2H3,(H,37,42)(H2,35,36,41)/t22-,30+,31+,32+/m0/s1. The zero-order chi connectivity index (χ0) is 30.6. The lowest BCUT2D eigenvalue weighted by atomic mass is 9.89. The molecule has 0 spiro atoms. The molecular weight excluding hydrogens is 558 g/mol. The number of hydrogen-bond donors (Lipinski definition) is 4. The summed E-state index contributed by atoms with van der Waals surface area (Å²) in [6, 6.07) is 23.2. The highest BCUT2D eigenvalue weighted by Crippen LogP contribution is 2.42. The number of urea groups is 1. The summed E-state index contributed by atoms with van der Waals surface area (Å²) in [5, 5.41) is 15.2. The number of likely N-dealkylation sites (tertiary alicyclic amines) is 1. The van der Waals surface area contributed by atoms with Crippen LogP contribution in [0.15, 0.2) is 77.6 Å². The lowest BCUT2D eigenvalue weighted by Gasteiger charge is -2.44. The van der Waals surface area contributed by atoms with Crippen molar-refractivity contribution in [2.45, 2.75) is 57.8 Å². The highest BCUT2D eigenvalue weighted by Gasteiger charge is 2.39. The number of piperidine rings is 1. The molecule has 232 valence electrons. The fourth-order valence-electron chi connectivity index (χ4n) is 6.48. The number of nitrogens with one attached hydrogen (secondary N) is 3. The number of rotatable bonds is 8. The van der Waals surface area contributed by atoms with Gasteiger partial charge >= 0.3 is 11.7 Å². The van der Waals surface area contributed by atoms with Gasteiger partial charge in [-0.15, -0.1) is 0 Å². The normalized spacial score (nSPS) is 23.1. The van der Waals surface area contributed by atoms with Crippen molar-refractivity contribution in [3.05, 3.63) is 100.0 Å². The molecule has 6 rings (SSSR count). The number of aromatic nitrogens is 2. The average molecular weight is 600 g/mol. The van der Waals surface area contributed by atoms with E-state index in [9.17, 15) is 14.7 Å². The molecule has 1 aromatic heterocycles. The lowest BCUT2D eigenvalue weighted by molar-refractivity contribution is -0.276. The van der Waals surface area contributed by atoms with E-state index < -0.39 is 6.29 Å². The third kappa shape index (κ3) is 6.44. The Bertz CT molecular complexity index is 1630. The minimum atomic E-state index is -0.628. The van der Waals surface area contributed by atoms with Crippen LogP contribution in [0.5, 0.6) is 0 Å². The maximum atomic E-state index is 12.8. The number of hydrogen-bond acceptors (Lipinski definition) is 6. The number of nitrogens with zero attached hydrogens (tertiary/aromatic N) is 2. The second-order valence-electron chi connectivity index (χ2n) is 11.8. The molecule has 10 heteroatoms. The summed E-state index contributed by atoms with van der Waals surface area (Å²) in [5.74, 6) is 0.0526. The molecule has 4 aromatic rings. The molecule has 2 amide bonds. The quantitative estimate of drug-likeness (QED) is 0.224. The number of carbonyl (C=O) groups is 1. The van der Waals surface area contributed by atoms with Gasteiger partial charge in [0.1, 0.15) is 0 Å². The van der Waals surface area contributed by atoms with Crippen molar-refractivity contribution in [1.82, 2.24) is 19.8 Å². The van der Waals surface area contributed by atoms with Gasteiger partial charge in [0.25, 0.3) is 0 Å². The van der Waals surface area contributed by atoms with Crippen molar-refractivity contribution in [1.29, 1.82) is 0 Å². The number of benzene rings is 3. The summed E-state index contributed by atoms with van der Waals surface area (Å²) in [7, 11) is 0. The van der Waals surface area contributed by atoms with Gasteiger partial charge in [-0.05, 0) is 55.2 Å². The zero-order valence-corrected chi connectivity index (χ0v) is 25.2. The third-order valence-corrected chi connectivity index (χ3v) is 8.86. The number of anilines is 1. The van der Waals surface area contributed by atoms with E-state index in [-0.39, 0.29) is 42.5 Å². The first-order chi connectivity index (χ1) is 21.4. The number of ether oxygens (including phenoxy) is 2. The molecule has 3 aromatic carbocycles. The van der Waals surface area contributed by atoms with E-state index in [1.165, 1.54) is 0 Å². The Morgan fingerprint density at radius 3 is 2.52 bits per heavy atom. The number of amides is 2. The Morgan fingerprint density at radius 2 is 1.77 bits per heavy atom. The van der Waals surface area contributed by atoms with E-state index in [1.807, 2.05) is 84.3 Å². The fraction of sp³-hybridized carbons (Fsp3) is 0.412. The summed E-state index contributed by atoms with van der Waals surface area (Å²) in [4.78, 5) is 30.4. The van der Waals surface area contributed by atoms with E-state index in [1.54, 1.807) is 0 Å². The summed E-state index contributed by atoms with van der Waals surface area (Å²) < 4.78 is 15.2. The van der Waals surface area contributed by atoms with Crippen molar-refractivity contribution in [2.24, 2.45) is 5.92 Å². The second kappa shape index (κ2) is 13.4. The molecule has 2 aliphatic rings. The van der Waals surface area contributed by atoms with E-state index in [0.717, 1.165) is 60.2 Å². The van der Waals surface area contributed by atoms with Gasteiger partial charge in [-0.2, -0.15) is 0 Å². The van der Waals surface area contributed by atoms with E-state index in [0.29, 0.717) is 12.2 Å². The van der Waals surface area contributed by atoms with Crippen molar-refractivity contribution >= 4 is 22.8 Å². The topological polar surface area (TPSA) is 121 Å². The number of imidazole rings is 1. The van der Waals surface area contributed by atoms with Gasteiger partial charge in [0.15, 0.2) is 6.29 Å². The number of fused-ring (bicyclic) bond motifs is 1. The minimum Gasteiger partial charge on any atom is -0.392 e. The van der Waals surface area contributed by atoms with Gasteiger partial charge in [0, 0.05) is 49.4 Å². The van der Waals surface area contributed by atoms with Crippen LogP contribution in [0.3, 0.4) is 0 Å². The van der Waals surface area contributed by atoms with Crippen LogP contribution in [0.1, 0.15) is 61.8 Å². The first-order valence-corrected chi connectivity index (χ1v) is 15.5. The van der Waals surface area contributed by atoms with Gasteiger partial charge < -0.3 is 35.1 Å². The van der Waals surface area contributed by atoms with Crippen LogP contribution in [0.25, 0.3) is 11.0 Å². The summed E-state index contributed by atoms with van der Waals surface area (Å²) in [6.07, 6.45) is 0.777. The summed E-state index contributed by atoms with van der Waals surface area (Å²) >= 11 is 0. The minimum absolute atomic E-state index is 0.0122. The molecular formula is C34H41N5O5. The number of aliphatic hydroxyl groups is 1. The molecule has 3 heterocycles. The lowest BCUT2D eigenvalue weighted by Crippen LogP contribution is -2.47. The molecule has 0 saturated carbocycles. The van der Waals surface area contributed by atoms with Gasteiger partial charge in [0.05, 0.1) is 29.8 Å². The van der Waals surface area contributed by atoms with Crippen LogP contribution < -0.4 is 16.3 Å². The van der Waals surface area contributed by atoms with Crippen molar-refractivity contribution in [3.63, 3.8) is 0 Å². The fourth-order valence-corrected chi connectivity index (χ4v) is 6.48. The molecule has 2 aliphatic heterocycles.